The van der Waals surface area contributed by atoms with E-state index in [2.05, 4.69) is 4.98 Å². The Morgan fingerprint density at radius 2 is 2.27 bits per heavy atom. The molecule has 4 nitrogen and oxygen atoms in total. The summed E-state index contributed by atoms with van der Waals surface area (Å²) in [5.74, 6) is -0.305. The van der Waals surface area contributed by atoms with E-state index in [1.54, 1.807) is 18.0 Å². The van der Waals surface area contributed by atoms with Crippen molar-refractivity contribution in [1.82, 2.24) is 9.55 Å². The molecule has 0 saturated heterocycles. The molecule has 0 bridgehead atoms. The van der Waals surface area contributed by atoms with E-state index in [9.17, 15) is 4.79 Å². The third kappa shape index (κ3) is 2.99. The lowest BCUT2D eigenvalue weighted by Gasteiger charge is -2.16. The standard InChI is InChI=1S/C10H16N2O2S/c1-7(9(13)14-4)8(2)15-10-11-5-6-12(10)3/h5-8H,1-4H3. The van der Waals surface area contributed by atoms with Gasteiger partial charge >= 0.3 is 5.97 Å². The zero-order valence-electron chi connectivity index (χ0n) is 9.43. The molecular weight excluding hydrogens is 212 g/mol. The van der Waals surface area contributed by atoms with E-state index in [-0.39, 0.29) is 17.1 Å². The molecule has 1 rings (SSSR count). The normalized spacial score (nSPS) is 14.7. The van der Waals surface area contributed by atoms with E-state index in [0.29, 0.717) is 0 Å². The molecule has 1 heterocycles. The van der Waals surface area contributed by atoms with Crippen LogP contribution in [0.1, 0.15) is 13.8 Å². The Hall–Kier alpha value is -0.970. The van der Waals surface area contributed by atoms with E-state index < -0.39 is 0 Å². The van der Waals surface area contributed by atoms with Crippen molar-refractivity contribution in [2.24, 2.45) is 13.0 Å². The molecule has 0 N–H and O–H groups in total. The van der Waals surface area contributed by atoms with Crippen molar-refractivity contribution in [2.45, 2.75) is 24.3 Å². The molecule has 2 unspecified atom stereocenters. The molecule has 15 heavy (non-hydrogen) atoms. The van der Waals surface area contributed by atoms with Crippen LogP contribution in [-0.4, -0.2) is 27.9 Å². The summed E-state index contributed by atoms with van der Waals surface area (Å²) >= 11 is 1.58. The van der Waals surface area contributed by atoms with Gasteiger partial charge in [-0.2, -0.15) is 0 Å². The van der Waals surface area contributed by atoms with Gasteiger partial charge in [0.1, 0.15) is 0 Å². The Labute approximate surface area is 94.0 Å². The lowest BCUT2D eigenvalue weighted by Crippen LogP contribution is -2.22. The lowest BCUT2D eigenvalue weighted by atomic mass is 10.1. The number of imidazole rings is 1. The van der Waals surface area contributed by atoms with Crippen LogP contribution in [0.2, 0.25) is 0 Å². The molecule has 0 aliphatic carbocycles. The third-order valence-corrected chi connectivity index (χ3v) is 3.73. The summed E-state index contributed by atoms with van der Waals surface area (Å²) < 4.78 is 6.64. The minimum Gasteiger partial charge on any atom is -0.469 e. The zero-order chi connectivity index (χ0) is 11.4. The Balaban J connectivity index is 2.59. The molecular formula is C10H16N2O2S. The first-order valence-electron chi connectivity index (χ1n) is 4.78. The number of rotatable bonds is 4. The van der Waals surface area contributed by atoms with E-state index in [4.69, 9.17) is 4.74 Å². The molecule has 0 fully saturated rings. The van der Waals surface area contributed by atoms with E-state index in [1.807, 2.05) is 31.7 Å². The predicted octanol–water partition coefficient (Wildman–Crippen LogP) is 1.71. The van der Waals surface area contributed by atoms with Crippen LogP contribution in [-0.2, 0) is 16.6 Å². The molecule has 0 aliphatic heterocycles. The van der Waals surface area contributed by atoms with Crippen molar-refractivity contribution in [2.75, 3.05) is 7.11 Å². The first-order chi connectivity index (χ1) is 7.06. The summed E-state index contributed by atoms with van der Waals surface area (Å²) in [5.41, 5.74) is 0. The molecule has 0 aliphatic rings. The highest BCUT2D eigenvalue weighted by Gasteiger charge is 2.22. The van der Waals surface area contributed by atoms with Crippen molar-refractivity contribution in [1.29, 1.82) is 0 Å². The highest BCUT2D eigenvalue weighted by molar-refractivity contribution is 7.99. The summed E-state index contributed by atoms with van der Waals surface area (Å²) in [6.45, 7) is 3.87. The van der Waals surface area contributed by atoms with Gasteiger partial charge in [-0.05, 0) is 0 Å². The number of aromatic nitrogens is 2. The average molecular weight is 228 g/mol. The second-order valence-corrected chi connectivity index (χ2v) is 4.80. The fourth-order valence-electron chi connectivity index (χ4n) is 1.11. The molecule has 1 aromatic heterocycles. The van der Waals surface area contributed by atoms with Crippen LogP contribution < -0.4 is 0 Å². The van der Waals surface area contributed by atoms with Crippen LogP contribution in [0.5, 0.6) is 0 Å². The fourth-order valence-corrected chi connectivity index (χ4v) is 2.11. The molecule has 0 saturated carbocycles. The van der Waals surface area contributed by atoms with Crippen molar-refractivity contribution < 1.29 is 9.53 Å². The molecule has 0 amide bonds. The molecule has 5 heteroatoms. The number of carbonyl (C=O) groups excluding carboxylic acids is 1. The lowest BCUT2D eigenvalue weighted by molar-refractivity contribution is -0.144. The fraction of sp³-hybridized carbons (Fsp3) is 0.600. The number of ether oxygens (including phenoxy) is 1. The second kappa shape index (κ2) is 5.21. The molecule has 0 radical (unpaired) electrons. The van der Waals surface area contributed by atoms with Crippen LogP contribution in [0.4, 0.5) is 0 Å². The number of carbonyl (C=O) groups is 1. The monoisotopic (exact) mass is 228 g/mol. The van der Waals surface area contributed by atoms with Gasteiger partial charge in [0, 0.05) is 24.7 Å². The Bertz CT molecular complexity index is 338. The largest absolute Gasteiger partial charge is 0.469 e. The molecule has 84 valence electrons. The number of esters is 1. The number of aryl methyl sites for hydroxylation is 1. The van der Waals surface area contributed by atoms with Crippen LogP contribution in [0.25, 0.3) is 0 Å². The van der Waals surface area contributed by atoms with Crippen LogP contribution in [0.15, 0.2) is 17.6 Å². The van der Waals surface area contributed by atoms with Crippen LogP contribution >= 0.6 is 11.8 Å². The average Bonchev–Trinajstić information content (AvgIpc) is 2.62. The van der Waals surface area contributed by atoms with Gasteiger partial charge in [0.25, 0.3) is 0 Å². The van der Waals surface area contributed by atoms with Crippen LogP contribution in [0, 0.1) is 5.92 Å². The maximum atomic E-state index is 11.3. The quantitative estimate of drug-likeness (QED) is 0.581. The van der Waals surface area contributed by atoms with Gasteiger partial charge in [0.15, 0.2) is 5.16 Å². The SMILES string of the molecule is COC(=O)C(C)C(C)Sc1nccn1C. The second-order valence-electron chi connectivity index (χ2n) is 3.46. The number of nitrogens with zero attached hydrogens (tertiary/aromatic N) is 2. The smallest absolute Gasteiger partial charge is 0.309 e. The Kier molecular flexibility index (Phi) is 4.20. The molecule has 1 aromatic rings. The van der Waals surface area contributed by atoms with Gasteiger partial charge in [-0.15, -0.1) is 0 Å². The topological polar surface area (TPSA) is 44.1 Å². The van der Waals surface area contributed by atoms with Gasteiger partial charge < -0.3 is 9.30 Å². The summed E-state index contributed by atoms with van der Waals surface area (Å²) in [6.07, 6.45) is 3.63. The van der Waals surface area contributed by atoms with Gasteiger partial charge in [-0.1, -0.05) is 25.6 Å². The molecule has 0 spiro atoms. The molecule has 0 aromatic carbocycles. The minimum atomic E-state index is -0.177. The summed E-state index contributed by atoms with van der Waals surface area (Å²) in [4.78, 5) is 15.5. The number of thioether (sulfide) groups is 1. The first kappa shape index (κ1) is 12.1. The maximum Gasteiger partial charge on any atom is 0.309 e. The van der Waals surface area contributed by atoms with Crippen LogP contribution in [0.3, 0.4) is 0 Å². The van der Waals surface area contributed by atoms with Crippen molar-refractivity contribution in [3.05, 3.63) is 12.4 Å². The number of hydrogen-bond acceptors (Lipinski definition) is 4. The Morgan fingerprint density at radius 1 is 1.60 bits per heavy atom. The Morgan fingerprint density at radius 3 is 2.73 bits per heavy atom. The number of hydrogen-bond donors (Lipinski definition) is 0. The number of methoxy groups -OCH3 is 1. The highest BCUT2D eigenvalue weighted by Crippen LogP contribution is 2.26. The summed E-state index contributed by atoms with van der Waals surface area (Å²) in [7, 11) is 3.35. The van der Waals surface area contributed by atoms with Gasteiger partial charge in [0.05, 0.1) is 13.0 Å². The van der Waals surface area contributed by atoms with Crippen molar-refractivity contribution in [3.63, 3.8) is 0 Å². The van der Waals surface area contributed by atoms with Crippen molar-refractivity contribution in [3.8, 4) is 0 Å². The predicted molar refractivity (Wildman–Crippen MR) is 59.7 cm³/mol. The minimum absolute atomic E-state index is 0.128. The van der Waals surface area contributed by atoms with E-state index >= 15 is 0 Å². The van der Waals surface area contributed by atoms with Gasteiger partial charge in [0.2, 0.25) is 0 Å². The maximum absolute atomic E-state index is 11.3. The first-order valence-corrected chi connectivity index (χ1v) is 5.66. The van der Waals surface area contributed by atoms with Crippen molar-refractivity contribution >= 4 is 17.7 Å². The van der Waals surface area contributed by atoms with Gasteiger partial charge in [-0.25, -0.2) is 4.98 Å². The summed E-state index contributed by atoms with van der Waals surface area (Å²) in [6, 6.07) is 0. The van der Waals surface area contributed by atoms with E-state index in [0.717, 1.165) is 5.16 Å². The van der Waals surface area contributed by atoms with E-state index in [1.165, 1.54) is 7.11 Å². The third-order valence-electron chi connectivity index (χ3n) is 2.35. The highest BCUT2D eigenvalue weighted by atomic mass is 32.2. The summed E-state index contributed by atoms with van der Waals surface area (Å²) in [5, 5.41) is 1.07. The van der Waals surface area contributed by atoms with Gasteiger partial charge in [-0.3, -0.25) is 4.79 Å². The molecule has 2 atom stereocenters. The zero-order valence-corrected chi connectivity index (χ0v) is 10.2.